The van der Waals surface area contributed by atoms with Gasteiger partial charge < -0.3 is 10.5 Å². The highest BCUT2D eigenvalue weighted by Gasteiger charge is 2.28. The molecule has 1 amide bonds. The van der Waals surface area contributed by atoms with Crippen LogP contribution < -0.4 is 10.5 Å². The Kier molecular flexibility index (Phi) is 8.84. The van der Waals surface area contributed by atoms with E-state index in [2.05, 4.69) is 60.6 Å². The van der Waals surface area contributed by atoms with Gasteiger partial charge in [0.2, 0.25) is 0 Å². The Morgan fingerprint density at radius 3 is 2.15 bits per heavy atom. The van der Waals surface area contributed by atoms with Gasteiger partial charge in [-0.05, 0) is 48.1 Å². The van der Waals surface area contributed by atoms with Crippen LogP contribution in [0.1, 0.15) is 105 Å². The molecule has 0 radical (unpaired) electrons. The number of rotatable bonds is 12. The predicted octanol–water partition coefficient (Wildman–Crippen LogP) is 6.26. The van der Waals surface area contributed by atoms with E-state index in [1.165, 1.54) is 24.0 Å². The third-order valence-corrected chi connectivity index (χ3v) is 6.16. The predicted molar refractivity (Wildman–Crippen MR) is 115 cm³/mol. The molecule has 0 spiro atoms. The van der Waals surface area contributed by atoms with Crippen LogP contribution in [0.15, 0.2) is 18.2 Å². The van der Waals surface area contributed by atoms with Gasteiger partial charge in [0.15, 0.2) is 6.10 Å². The van der Waals surface area contributed by atoms with Crippen molar-refractivity contribution in [2.75, 3.05) is 0 Å². The molecule has 154 valence electrons. The highest BCUT2D eigenvalue weighted by molar-refractivity contribution is 5.79. The zero-order valence-corrected chi connectivity index (χ0v) is 18.7. The van der Waals surface area contributed by atoms with Gasteiger partial charge in [0, 0.05) is 5.56 Å². The molecule has 0 fully saturated rings. The topological polar surface area (TPSA) is 52.3 Å². The van der Waals surface area contributed by atoms with E-state index < -0.39 is 6.10 Å². The van der Waals surface area contributed by atoms with Crippen molar-refractivity contribution in [2.45, 2.75) is 110 Å². The van der Waals surface area contributed by atoms with Gasteiger partial charge in [0.25, 0.3) is 5.91 Å². The van der Waals surface area contributed by atoms with Crippen molar-refractivity contribution in [2.24, 2.45) is 5.73 Å². The molecule has 0 aliphatic carbocycles. The van der Waals surface area contributed by atoms with Gasteiger partial charge in [-0.25, -0.2) is 0 Å². The van der Waals surface area contributed by atoms with Crippen molar-refractivity contribution >= 4 is 5.91 Å². The number of benzene rings is 1. The molecule has 0 bridgehead atoms. The maximum Gasteiger partial charge on any atom is 0.258 e. The summed E-state index contributed by atoms with van der Waals surface area (Å²) in [5.41, 5.74) is 8.21. The second-order valence-electron chi connectivity index (χ2n) is 9.04. The fourth-order valence-electron chi connectivity index (χ4n) is 3.15. The number of carbonyl (C=O) groups is 1. The quantitative estimate of drug-likeness (QED) is 0.438. The van der Waals surface area contributed by atoms with E-state index in [1.807, 2.05) is 6.07 Å². The van der Waals surface area contributed by atoms with Crippen LogP contribution in [0.4, 0.5) is 0 Å². The van der Waals surface area contributed by atoms with Crippen LogP contribution in [0, 0.1) is 0 Å². The summed E-state index contributed by atoms with van der Waals surface area (Å²) in [4.78, 5) is 12.0. The zero-order valence-electron chi connectivity index (χ0n) is 18.7. The lowest BCUT2D eigenvalue weighted by Gasteiger charge is -2.31. The highest BCUT2D eigenvalue weighted by Crippen LogP contribution is 2.39. The molecule has 3 heteroatoms. The lowest BCUT2D eigenvalue weighted by Crippen LogP contribution is -2.34. The molecular weight excluding hydrogens is 334 g/mol. The van der Waals surface area contributed by atoms with Crippen LogP contribution in [0.2, 0.25) is 0 Å². The van der Waals surface area contributed by atoms with Crippen LogP contribution in [0.3, 0.4) is 0 Å². The van der Waals surface area contributed by atoms with Gasteiger partial charge in [-0.15, -0.1) is 0 Å². The van der Waals surface area contributed by atoms with Crippen LogP contribution in [0.5, 0.6) is 5.75 Å². The van der Waals surface area contributed by atoms with Crippen LogP contribution in [-0.2, 0) is 15.6 Å². The molecular formula is C24H41NO2. The van der Waals surface area contributed by atoms with E-state index in [4.69, 9.17) is 10.5 Å². The summed E-state index contributed by atoms with van der Waals surface area (Å²) in [7, 11) is 0. The minimum atomic E-state index is -0.557. The fraction of sp³-hybridized carbons (Fsp3) is 0.708. The maximum absolute atomic E-state index is 12.0. The lowest BCUT2D eigenvalue weighted by molar-refractivity contribution is -0.125. The van der Waals surface area contributed by atoms with Gasteiger partial charge in [-0.3, -0.25) is 4.79 Å². The molecule has 1 aromatic rings. The Labute approximate surface area is 167 Å². The van der Waals surface area contributed by atoms with E-state index >= 15 is 0 Å². The number of unbranched alkanes of at least 4 members (excludes halogenated alkanes) is 3. The smallest absolute Gasteiger partial charge is 0.258 e. The summed E-state index contributed by atoms with van der Waals surface area (Å²) >= 11 is 0. The lowest BCUT2D eigenvalue weighted by atomic mass is 9.76. The van der Waals surface area contributed by atoms with Gasteiger partial charge in [0.05, 0.1) is 0 Å². The normalized spacial score (nSPS) is 13.4. The summed E-state index contributed by atoms with van der Waals surface area (Å²) in [6.07, 6.45) is 6.63. The van der Waals surface area contributed by atoms with E-state index in [1.54, 1.807) is 0 Å². The molecule has 0 saturated heterocycles. The molecule has 3 nitrogen and oxygen atoms in total. The third-order valence-electron chi connectivity index (χ3n) is 6.16. The average Bonchev–Trinajstić information content (AvgIpc) is 2.63. The van der Waals surface area contributed by atoms with Gasteiger partial charge in [-0.1, -0.05) is 79.9 Å². The maximum atomic E-state index is 12.0. The number of carbonyl (C=O) groups excluding carboxylic acids is 1. The number of amides is 1. The molecule has 1 unspecified atom stereocenters. The van der Waals surface area contributed by atoms with Crippen molar-refractivity contribution < 1.29 is 9.53 Å². The van der Waals surface area contributed by atoms with Crippen LogP contribution in [-0.4, -0.2) is 12.0 Å². The largest absolute Gasteiger partial charge is 0.480 e. The number of ether oxygens (including phenoxy) is 1. The summed E-state index contributed by atoms with van der Waals surface area (Å²) in [6, 6.07) is 6.46. The van der Waals surface area contributed by atoms with Gasteiger partial charge in [0.1, 0.15) is 5.75 Å². The van der Waals surface area contributed by atoms with Crippen molar-refractivity contribution in [3.63, 3.8) is 0 Å². The summed E-state index contributed by atoms with van der Waals surface area (Å²) in [5.74, 6) is 0.432. The van der Waals surface area contributed by atoms with Crippen molar-refractivity contribution in [1.29, 1.82) is 0 Å². The number of nitrogens with two attached hydrogens (primary N) is 1. The first-order chi connectivity index (χ1) is 12.6. The van der Waals surface area contributed by atoms with E-state index in [9.17, 15) is 4.79 Å². The molecule has 0 aromatic heterocycles. The monoisotopic (exact) mass is 375 g/mol. The highest BCUT2D eigenvalue weighted by atomic mass is 16.5. The first kappa shape index (κ1) is 23.5. The van der Waals surface area contributed by atoms with E-state index in [0.29, 0.717) is 6.42 Å². The van der Waals surface area contributed by atoms with Gasteiger partial charge in [-0.2, -0.15) is 0 Å². The van der Waals surface area contributed by atoms with Crippen LogP contribution >= 0.6 is 0 Å². The Hall–Kier alpha value is -1.51. The zero-order chi connectivity index (χ0) is 20.7. The minimum Gasteiger partial charge on any atom is -0.480 e. The Bertz CT molecular complexity index is 604. The molecule has 0 saturated carbocycles. The number of hydrogen-bond donors (Lipinski definition) is 1. The summed E-state index contributed by atoms with van der Waals surface area (Å²) in [5, 5.41) is 0. The molecule has 0 aliphatic rings. The second kappa shape index (κ2) is 10.1. The fourth-order valence-corrected chi connectivity index (χ4v) is 3.15. The summed E-state index contributed by atoms with van der Waals surface area (Å²) < 4.78 is 6.20. The first-order valence-electron chi connectivity index (χ1n) is 10.7. The summed E-state index contributed by atoms with van der Waals surface area (Å²) in [6.45, 7) is 15.6. The molecule has 2 N–H and O–H groups in total. The third kappa shape index (κ3) is 6.55. The number of hydrogen-bond acceptors (Lipinski definition) is 2. The molecule has 0 heterocycles. The van der Waals surface area contributed by atoms with E-state index in [-0.39, 0.29) is 16.7 Å². The molecule has 0 aliphatic heterocycles. The Morgan fingerprint density at radius 2 is 1.63 bits per heavy atom. The number of primary amides is 1. The molecule has 1 aromatic carbocycles. The van der Waals surface area contributed by atoms with Crippen molar-refractivity contribution in [3.05, 3.63) is 29.3 Å². The second-order valence-corrected chi connectivity index (χ2v) is 9.04. The Morgan fingerprint density at radius 1 is 1.00 bits per heavy atom. The van der Waals surface area contributed by atoms with Crippen molar-refractivity contribution in [1.82, 2.24) is 0 Å². The molecule has 27 heavy (non-hydrogen) atoms. The van der Waals surface area contributed by atoms with Crippen LogP contribution in [0.25, 0.3) is 0 Å². The standard InChI is InChI=1S/C24H41NO2/c1-8-11-12-13-14-21(22(25)26)27-20-16-15-18(23(4,5)9-2)17-19(20)24(6,7)10-3/h15-17,21H,8-14H2,1-7H3,(H2,25,26). The first-order valence-corrected chi connectivity index (χ1v) is 10.7. The van der Waals surface area contributed by atoms with E-state index in [0.717, 1.165) is 31.4 Å². The van der Waals surface area contributed by atoms with Crippen molar-refractivity contribution in [3.8, 4) is 5.75 Å². The average molecular weight is 376 g/mol. The SMILES string of the molecule is CCCCCCC(Oc1ccc(C(C)(C)CC)cc1C(C)(C)CC)C(N)=O. The Balaban J connectivity index is 3.18. The van der Waals surface area contributed by atoms with Gasteiger partial charge >= 0.3 is 0 Å². The molecule has 1 rings (SSSR count). The minimum absolute atomic E-state index is 0.0282. The molecule has 1 atom stereocenters.